The Labute approximate surface area is 183 Å². The normalized spacial score (nSPS) is 11.7. The van der Waals surface area contributed by atoms with E-state index in [1.807, 2.05) is 49.4 Å². The van der Waals surface area contributed by atoms with E-state index in [-0.39, 0.29) is 6.42 Å². The van der Waals surface area contributed by atoms with Gasteiger partial charge in [0.05, 0.1) is 5.56 Å². The zero-order chi connectivity index (χ0) is 22.4. The van der Waals surface area contributed by atoms with Crippen molar-refractivity contribution in [3.8, 4) is 0 Å². The van der Waals surface area contributed by atoms with Crippen molar-refractivity contribution in [3.05, 3.63) is 94.5 Å². The quantitative estimate of drug-likeness (QED) is 0.389. The van der Waals surface area contributed by atoms with Crippen LogP contribution < -0.4 is 0 Å². The Morgan fingerprint density at radius 3 is 1.97 bits per heavy atom. The second kappa shape index (κ2) is 9.88. The highest BCUT2D eigenvalue weighted by molar-refractivity contribution is 7.99. The van der Waals surface area contributed by atoms with Gasteiger partial charge in [0.15, 0.2) is 0 Å². The van der Waals surface area contributed by atoms with Gasteiger partial charge in [-0.3, -0.25) is 4.79 Å². The molecule has 6 heteroatoms. The largest absolute Gasteiger partial charge is 0.481 e. The predicted molar refractivity (Wildman–Crippen MR) is 118 cm³/mol. The summed E-state index contributed by atoms with van der Waals surface area (Å²) in [6, 6.07) is 19.0. The monoisotopic (exact) mass is 442 g/mol. The molecule has 0 radical (unpaired) electrons. The van der Waals surface area contributed by atoms with Crippen LogP contribution >= 0.6 is 11.8 Å². The first kappa shape index (κ1) is 22.7. The lowest BCUT2D eigenvalue weighted by molar-refractivity contribution is -0.138. The lowest BCUT2D eigenvalue weighted by Gasteiger charge is -2.08. The zero-order valence-corrected chi connectivity index (χ0v) is 17.6. The van der Waals surface area contributed by atoms with E-state index in [4.69, 9.17) is 5.11 Å². The van der Waals surface area contributed by atoms with Crippen LogP contribution in [0.5, 0.6) is 0 Å². The molecule has 3 aromatic rings. The van der Waals surface area contributed by atoms with Crippen LogP contribution in [0.2, 0.25) is 0 Å². The summed E-state index contributed by atoms with van der Waals surface area (Å²) in [5, 5.41) is 8.83. The molecule has 0 saturated carbocycles. The summed E-state index contributed by atoms with van der Waals surface area (Å²) < 4.78 is 37.9. The molecule has 1 N–H and O–H groups in total. The summed E-state index contributed by atoms with van der Waals surface area (Å²) in [6.45, 7) is 1.98. The Kier molecular flexibility index (Phi) is 7.23. The molecule has 0 aromatic heterocycles. The molecule has 3 aromatic carbocycles. The minimum Gasteiger partial charge on any atom is -0.481 e. The third-order valence-corrected chi connectivity index (χ3v) is 5.74. The first-order valence-corrected chi connectivity index (χ1v) is 10.5. The molecular weight excluding hydrogens is 421 g/mol. The van der Waals surface area contributed by atoms with Crippen LogP contribution in [0.3, 0.4) is 0 Å². The molecule has 0 spiro atoms. The van der Waals surface area contributed by atoms with E-state index >= 15 is 0 Å². The first-order chi connectivity index (χ1) is 14.7. The fourth-order valence-corrected chi connectivity index (χ4v) is 3.93. The van der Waals surface area contributed by atoms with Gasteiger partial charge in [-0.15, -0.1) is 0 Å². The maximum atomic E-state index is 12.6. The molecule has 0 aliphatic rings. The van der Waals surface area contributed by atoms with Crippen LogP contribution in [0.15, 0.2) is 76.5 Å². The van der Waals surface area contributed by atoms with Gasteiger partial charge < -0.3 is 5.11 Å². The summed E-state index contributed by atoms with van der Waals surface area (Å²) in [6.07, 6.45) is -0.0477. The number of alkyl halides is 3. The molecule has 0 bridgehead atoms. The Balaban J connectivity index is 1.62. The number of carboxylic acids is 1. The second-order valence-corrected chi connectivity index (χ2v) is 8.25. The smallest absolute Gasteiger partial charge is 0.416 e. The van der Waals surface area contributed by atoms with E-state index in [1.165, 1.54) is 12.1 Å². The summed E-state index contributed by atoms with van der Waals surface area (Å²) in [5.41, 5.74) is 3.10. The fourth-order valence-electron chi connectivity index (χ4n) is 3.01. The van der Waals surface area contributed by atoms with E-state index in [2.05, 4.69) is 6.07 Å². The van der Waals surface area contributed by atoms with E-state index in [0.717, 1.165) is 38.6 Å². The summed E-state index contributed by atoms with van der Waals surface area (Å²) in [7, 11) is 0. The van der Waals surface area contributed by atoms with Crippen LogP contribution in [0, 0.1) is 6.92 Å². The van der Waals surface area contributed by atoms with Crippen molar-refractivity contribution in [1.82, 2.24) is 0 Å². The molecule has 3 rings (SSSR count). The lowest BCUT2D eigenvalue weighted by atomic mass is 10.0. The molecule has 0 fully saturated rings. The number of aliphatic carboxylic acids is 1. The van der Waals surface area contributed by atoms with Gasteiger partial charge in [0.2, 0.25) is 0 Å². The SMILES string of the molecule is Cc1cc(Sc2ccc(/C=C/c3ccc(C(F)(F)F)cc3)cc2)ccc1CCC(=O)O. The van der Waals surface area contributed by atoms with E-state index in [0.29, 0.717) is 12.0 Å². The second-order valence-electron chi connectivity index (χ2n) is 7.11. The van der Waals surface area contributed by atoms with Gasteiger partial charge in [-0.1, -0.05) is 54.2 Å². The number of halogens is 3. The Morgan fingerprint density at radius 2 is 1.45 bits per heavy atom. The number of benzene rings is 3. The highest BCUT2D eigenvalue weighted by atomic mass is 32.2. The van der Waals surface area contributed by atoms with Crippen molar-refractivity contribution >= 4 is 29.9 Å². The minimum atomic E-state index is -4.33. The number of carbonyl (C=O) groups is 1. The van der Waals surface area contributed by atoms with Crippen molar-refractivity contribution in [2.24, 2.45) is 0 Å². The average Bonchev–Trinajstić information content (AvgIpc) is 2.72. The van der Waals surface area contributed by atoms with Crippen molar-refractivity contribution in [1.29, 1.82) is 0 Å². The fraction of sp³-hybridized carbons (Fsp3) is 0.160. The van der Waals surface area contributed by atoms with Crippen molar-refractivity contribution < 1.29 is 23.1 Å². The van der Waals surface area contributed by atoms with Gasteiger partial charge in [-0.05, 0) is 72.0 Å². The number of aryl methyl sites for hydroxylation is 2. The predicted octanol–water partition coefficient (Wildman–Crippen LogP) is 7.35. The molecule has 0 aliphatic heterocycles. The van der Waals surface area contributed by atoms with Crippen molar-refractivity contribution in [2.75, 3.05) is 0 Å². The number of carboxylic acid groups (broad SMARTS) is 1. The van der Waals surface area contributed by atoms with Crippen molar-refractivity contribution in [3.63, 3.8) is 0 Å². The van der Waals surface area contributed by atoms with Gasteiger partial charge >= 0.3 is 12.1 Å². The highest BCUT2D eigenvalue weighted by Crippen LogP contribution is 2.31. The maximum absolute atomic E-state index is 12.6. The van der Waals surface area contributed by atoms with E-state index in [9.17, 15) is 18.0 Å². The molecule has 0 amide bonds. The van der Waals surface area contributed by atoms with Gasteiger partial charge in [0.25, 0.3) is 0 Å². The topological polar surface area (TPSA) is 37.3 Å². The molecular formula is C25H21F3O2S. The summed E-state index contributed by atoms with van der Waals surface area (Å²) >= 11 is 1.61. The standard InChI is InChI=1S/C25H21F3O2S/c1-17-16-23(14-8-20(17)9-15-24(29)30)31-22-12-6-19(7-13-22)3-2-18-4-10-21(11-5-18)25(26,27)28/h2-8,10-14,16H,9,15H2,1H3,(H,29,30)/b3-2+. The van der Waals surface area contributed by atoms with Gasteiger partial charge in [-0.2, -0.15) is 13.2 Å². The van der Waals surface area contributed by atoms with E-state index < -0.39 is 17.7 Å². The molecule has 2 nitrogen and oxygen atoms in total. The zero-order valence-electron chi connectivity index (χ0n) is 16.8. The number of hydrogen-bond acceptors (Lipinski definition) is 2. The first-order valence-electron chi connectivity index (χ1n) is 9.65. The van der Waals surface area contributed by atoms with Crippen LogP contribution in [0.4, 0.5) is 13.2 Å². The van der Waals surface area contributed by atoms with Crippen LogP contribution in [-0.4, -0.2) is 11.1 Å². The Morgan fingerprint density at radius 1 is 0.903 bits per heavy atom. The Bertz CT molecular complexity index is 1070. The van der Waals surface area contributed by atoms with Crippen LogP contribution in [0.1, 0.15) is 34.2 Å². The molecule has 0 unspecified atom stereocenters. The lowest BCUT2D eigenvalue weighted by Crippen LogP contribution is -2.03. The molecule has 0 atom stereocenters. The number of hydrogen-bond donors (Lipinski definition) is 1. The van der Waals surface area contributed by atoms with Crippen molar-refractivity contribution in [2.45, 2.75) is 35.7 Å². The van der Waals surface area contributed by atoms with Crippen LogP contribution in [-0.2, 0) is 17.4 Å². The minimum absolute atomic E-state index is 0.120. The van der Waals surface area contributed by atoms with Gasteiger partial charge in [0.1, 0.15) is 0 Å². The van der Waals surface area contributed by atoms with E-state index in [1.54, 1.807) is 17.8 Å². The summed E-state index contributed by atoms with van der Waals surface area (Å²) in [4.78, 5) is 12.9. The van der Waals surface area contributed by atoms with Gasteiger partial charge in [0, 0.05) is 16.2 Å². The molecule has 0 saturated heterocycles. The maximum Gasteiger partial charge on any atom is 0.416 e. The average molecular weight is 443 g/mol. The molecule has 31 heavy (non-hydrogen) atoms. The highest BCUT2D eigenvalue weighted by Gasteiger charge is 2.29. The summed E-state index contributed by atoms with van der Waals surface area (Å²) in [5.74, 6) is -0.801. The molecule has 0 aliphatic carbocycles. The third kappa shape index (κ3) is 6.76. The van der Waals surface area contributed by atoms with Crippen LogP contribution in [0.25, 0.3) is 12.2 Å². The third-order valence-electron chi connectivity index (χ3n) is 4.74. The Hall–Kier alpha value is -2.99. The number of rotatable bonds is 7. The van der Waals surface area contributed by atoms with Gasteiger partial charge in [-0.25, -0.2) is 0 Å². The molecule has 0 heterocycles. The molecule has 160 valence electrons.